The molecule has 0 unspecified atom stereocenters. The van der Waals surface area contributed by atoms with Gasteiger partial charge in [0.15, 0.2) is 22.3 Å². The zero-order valence-electron chi connectivity index (χ0n) is 26.4. The van der Waals surface area contributed by atoms with Crippen molar-refractivity contribution in [1.82, 2.24) is 52.7 Å². The number of hydrogen-bond acceptors (Lipinski definition) is 9. The Morgan fingerprint density at radius 3 is 1.49 bits per heavy atom. The Morgan fingerprint density at radius 1 is 0.681 bits per heavy atom. The van der Waals surface area contributed by atoms with Gasteiger partial charge in [0.2, 0.25) is 0 Å². The fourth-order valence-electron chi connectivity index (χ4n) is 5.54. The first-order chi connectivity index (χ1) is 22.7. The van der Waals surface area contributed by atoms with Crippen LogP contribution in [0.3, 0.4) is 0 Å². The number of aromatic nitrogens is 10. The summed E-state index contributed by atoms with van der Waals surface area (Å²) in [6.45, 7) is 0.781. The molecule has 0 saturated carbocycles. The standard InChI is InChI=1S/C32H33N11O4/c1-38-19-36-27-25(38)29(44)42(31(46)40(27)3)13-9-23(21-7-5-11-33-15-21)17-35-18-24(22-8-6-12-34-16-22)10-14-43-30(45)26-28(37-20-39(26)2)41(4)32(43)47/h5-12,15-16,19-20,35H,13-14,17-18H2,1-4H3/b23-9+,24-10+. The third kappa shape index (κ3) is 5.79. The first-order valence-electron chi connectivity index (χ1n) is 14.8. The Morgan fingerprint density at radius 2 is 1.11 bits per heavy atom. The van der Waals surface area contributed by atoms with Crippen LogP contribution in [0.4, 0.5) is 0 Å². The zero-order chi connectivity index (χ0) is 33.2. The van der Waals surface area contributed by atoms with Crippen LogP contribution in [0.1, 0.15) is 11.1 Å². The topological polar surface area (TPSA) is 161 Å². The van der Waals surface area contributed by atoms with Crippen LogP contribution in [0.15, 0.2) is 93.0 Å². The molecule has 0 saturated heterocycles. The largest absolute Gasteiger partial charge is 0.332 e. The molecule has 15 nitrogen and oxygen atoms in total. The molecule has 6 heterocycles. The molecule has 15 heteroatoms. The van der Waals surface area contributed by atoms with Crippen LogP contribution in [-0.4, -0.2) is 60.4 Å². The van der Waals surface area contributed by atoms with E-state index in [0.717, 1.165) is 22.3 Å². The number of allylic oxidation sites excluding steroid dienone is 2. The van der Waals surface area contributed by atoms with E-state index in [1.54, 1.807) is 62.1 Å². The van der Waals surface area contributed by atoms with Gasteiger partial charge in [0.25, 0.3) is 11.1 Å². The van der Waals surface area contributed by atoms with Crippen molar-refractivity contribution in [3.05, 3.63) is 127 Å². The van der Waals surface area contributed by atoms with Gasteiger partial charge in [-0.05, 0) is 34.4 Å². The molecule has 0 atom stereocenters. The third-order valence-electron chi connectivity index (χ3n) is 8.14. The average molecular weight is 636 g/mol. The SMILES string of the molecule is Cn1cnc2c1c(=O)n(C/C=C(\CNC/C(=C\Cn1c(=O)c3c(ncn3C)n(C)c1=O)c1cccnc1)c1cccnc1)c(=O)n2C. The van der Waals surface area contributed by atoms with Crippen molar-refractivity contribution in [2.75, 3.05) is 13.1 Å². The molecule has 0 aliphatic carbocycles. The van der Waals surface area contributed by atoms with Gasteiger partial charge in [-0.25, -0.2) is 19.6 Å². The summed E-state index contributed by atoms with van der Waals surface area (Å²) in [6, 6.07) is 7.43. The molecule has 6 aromatic rings. The Bertz CT molecular complexity index is 2240. The molecule has 0 fully saturated rings. The number of hydrogen-bond donors (Lipinski definition) is 1. The summed E-state index contributed by atoms with van der Waals surface area (Å²) in [7, 11) is 6.61. The average Bonchev–Trinajstić information content (AvgIpc) is 3.67. The van der Waals surface area contributed by atoms with Gasteiger partial charge in [0.05, 0.1) is 12.7 Å². The van der Waals surface area contributed by atoms with Gasteiger partial charge < -0.3 is 14.5 Å². The lowest BCUT2D eigenvalue weighted by Gasteiger charge is -2.14. The lowest BCUT2D eigenvalue weighted by molar-refractivity contribution is 0.663. The molecule has 0 bridgehead atoms. The number of nitrogens with one attached hydrogen (secondary N) is 1. The molecule has 47 heavy (non-hydrogen) atoms. The highest BCUT2D eigenvalue weighted by atomic mass is 16.2. The zero-order valence-corrected chi connectivity index (χ0v) is 26.4. The van der Waals surface area contributed by atoms with Crippen LogP contribution in [0, 0.1) is 0 Å². The molecule has 1 N–H and O–H groups in total. The predicted molar refractivity (Wildman–Crippen MR) is 178 cm³/mol. The number of aryl methyl sites for hydroxylation is 4. The van der Waals surface area contributed by atoms with Crippen molar-refractivity contribution in [3.63, 3.8) is 0 Å². The molecular formula is C32H33N11O4. The van der Waals surface area contributed by atoms with Crippen molar-refractivity contribution in [3.8, 4) is 0 Å². The number of rotatable bonds is 10. The second-order valence-electron chi connectivity index (χ2n) is 11.1. The lowest BCUT2D eigenvalue weighted by Crippen LogP contribution is -2.39. The van der Waals surface area contributed by atoms with Crippen molar-refractivity contribution in [2.24, 2.45) is 28.2 Å². The van der Waals surface area contributed by atoms with E-state index in [2.05, 4.69) is 25.3 Å². The van der Waals surface area contributed by atoms with E-state index in [1.165, 1.54) is 30.9 Å². The maximum absolute atomic E-state index is 13.3. The van der Waals surface area contributed by atoms with Crippen LogP contribution in [-0.2, 0) is 41.3 Å². The minimum Gasteiger partial charge on any atom is -0.328 e. The highest BCUT2D eigenvalue weighted by Gasteiger charge is 2.16. The van der Waals surface area contributed by atoms with E-state index in [9.17, 15) is 19.2 Å². The monoisotopic (exact) mass is 635 g/mol. The van der Waals surface area contributed by atoms with E-state index < -0.39 is 22.5 Å². The molecule has 0 spiro atoms. The maximum atomic E-state index is 13.3. The molecule has 0 amide bonds. The third-order valence-corrected chi connectivity index (χ3v) is 8.14. The fraction of sp³-hybridized carbons (Fsp3) is 0.250. The number of pyridine rings is 2. The predicted octanol–water partition coefficient (Wildman–Crippen LogP) is 0.428. The van der Waals surface area contributed by atoms with Crippen LogP contribution >= 0.6 is 0 Å². The van der Waals surface area contributed by atoms with Gasteiger partial charge in [-0.1, -0.05) is 24.3 Å². The van der Waals surface area contributed by atoms with Gasteiger partial charge in [0.1, 0.15) is 0 Å². The molecule has 0 radical (unpaired) electrons. The summed E-state index contributed by atoms with van der Waals surface area (Å²) in [5.74, 6) is 0. The Kier molecular flexibility index (Phi) is 8.46. The fourth-order valence-corrected chi connectivity index (χ4v) is 5.54. The molecule has 6 aromatic heterocycles. The Labute approximate surface area is 267 Å². The minimum absolute atomic E-state index is 0.0343. The van der Waals surface area contributed by atoms with Crippen LogP contribution in [0.5, 0.6) is 0 Å². The summed E-state index contributed by atoms with van der Waals surface area (Å²) in [6.07, 6.45) is 13.4. The lowest BCUT2D eigenvalue weighted by atomic mass is 10.1. The number of imidazole rings is 2. The van der Waals surface area contributed by atoms with E-state index in [-0.39, 0.29) is 13.1 Å². The van der Waals surface area contributed by atoms with Gasteiger partial charge in [-0.15, -0.1) is 0 Å². The Hall–Kier alpha value is -5.96. The quantitative estimate of drug-likeness (QED) is 0.225. The van der Waals surface area contributed by atoms with Gasteiger partial charge in [0, 0.05) is 79.2 Å². The van der Waals surface area contributed by atoms with Crippen molar-refractivity contribution >= 4 is 33.5 Å². The van der Waals surface area contributed by atoms with Crippen molar-refractivity contribution < 1.29 is 0 Å². The van der Waals surface area contributed by atoms with Gasteiger partial charge >= 0.3 is 11.4 Å². The summed E-state index contributed by atoms with van der Waals surface area (Å²) in [4.78, 5) is 69.7. The van der Waals surface area contributed by atoms with E-state index in [1.807, 2.05) is 36.4 Å². The number of fused-ring (bicyclic) bond motifs is 2. The van der Waals surface area contributed by atoms with Crippen LogP contribution < -0.4 is 27.8 Å². The summed E-state index contributed by atoms with van der Waals surface area (Å²) < 4.78 is 8.29. The summed E-state index contributed by atoms with van der Waals surface area (Å²) >= 11 is 0. The number of nitrogens with zero attached hydrogens (tertiary/aromatic N) is 10. The molecular weight excluding hydrogens is 602 g/mol. The first kappa shape index (κ1) is 31.0. The normalized spacial score (nSPS) is 12.4. The highest BCUT2D eigenvalue weighted by molar-refractivity contribution is 5.71. The van der Waals surface area contributed by atoms with Crippen molar-refractivity contribution in [1.29, 1.82) is 0 Å². The molecule has 6 rings (SSSR count). The maximum Gasteiger partial charge on any atom is 0.332 e. The second-order valence-corrected chi connectivity index (χ2v) is 11.1. The van der Waals surface area contributed by atoms with Crippen molar-refractivity contribution in [2.45, 2.75) is 13.1 Å². The van der Waals surface area contributed by atoms with Crippen LogP contribution in [0.25, 0.3) is 33.5 Å². The smallest absolute Gasteiger partial charge is 0.328 e. The summed E-state index contributed by atoms with van der Waals surface area (Å²) in [5.41, 5.74) is 2.80. The highest BCUT2D eigenvalue weighted by Crippen LogP contribution is 2.16. The van der Waals surface area contributed by atoms with E-state index >= 15 is 0 Å². The minimum atomic E-state index is -0.469. The summed E-state index contributed by atoms with van der Waals surface area (Å²) in [5, 5.41) is 3.44. The van der Waals surface area contributed by atoms with E-state index in [4.69, 9.17) is 0 Å². The Balaban J connectivity index is 1.30. The molecule has 0 aromatic carbocycles. The molecule has 0 aliphatic rings. The second kappa shape index (κ2) is 12.8. The van der Waals surface area contributed by atoms with Gasteiger partial charge in [-0.2, -0.15) is 0 Å². The van der Waals surface area contributed by atoms with E-state index in [0.29, 0.717) is 35.4 Å². The van der Waals surface area contributed by atoms with Crippen LogP contribution in [0.2, 0.25) is 0 Å². The molecule has 240 valence electrons. The first-order valence-corrected chi connectivity index (χ1v) is 14.8. The van der Waals surface area contributed by atoms with Gasteiger partial charge in [-0.3, -0.25) is 37.8 Å². The molecule has 0 aliphatic heterocycles.